The molecule has 4 nitrogen and oxygen atoms in total. The number of hydrogen-bond donors (Lipinski definition) is 1. The number of rotatable bonds is 3. The average molecular weight is 237 g/mol. The molecule has 1 aliphatic rings. The lowest BCUT2D eigenvalue weighted by atomic mass is 9.76. The Balaban J connectivity index is 2.30. The molecule has 1 unspecified atom stereocenters. The fraction of sp³-hybridized carbons (Fsp3) is 0.769. The second-order valence-electron chi connectivity index (χ2n) is 5.36. The maximum Gasteiger partial charge on any atom is 0.139 e. The van der Waals surface area contributed by atoms with Gasteiger partial charge in [-0.3, -0.25) is 0 Å². The van der Waals surface area contributed by atoms with Gasteiger partial charge < -0.3 is 14.6 Å². The fourth-order valence-electron chi connectivity index (χ4n) is 3.01. The molecule has 2 rings (SSSR count). The molecule has 17 heavy (non-hydrogen) atoms. The van der Waals surface area contributed by atoms with E-state index >= 15 is 0 Å². The van der Waals surface area contributed by atoms with Crippen LogP contribution >= 0.6 is 0 Å². The number of nitrogens with zero attached hydrogens (tertiary/aromatic N) is 3. The van der Waals surface area contributed by atoms with Gasteiger partial charge in [-0.1, -0.05) is 19.3 Å². The highest BCUT2D eigenvalue weighted by atomic mass is 16.3. The summed E-state index contributed by atoms with van der Waals surface area (Å²) in [5.74, 6) is 0.778. The monoisotopic (exact) mass is 237 g/mol. The van der Waals surface area contributed by atoms with Gasteiger partial charge in [-0.2, -0.15) is 0 Å². The van der Waals surface area contributed by atoms with Gasteiger partial charge in [-0.25, -0.2) is 4.98 Å². The minimum absolute atomic E-state index is 0.142. The van der Waals surface area contributed by atoms with Crippen LogP contribution in [0.2, 0.25) is 0 Å². The van der Waals surface area contributed by atoms with E-state index in [4.69, 9.17) is 0 Å². The minimum Gasteiger partial charge on any atom is -0.383 e. The van der Waals surface area contributed by atoms with Crippen LogP contribution in [0.1, 0.15) is 44.0 Å². The summed E-state index contributed by atoms with van der Waals surface area (Å²) in [5.41, 5.74) is -0.142. The molecule has 1 N–H and O–H groups in total. The van der Waals surface area contributed by atoms with Crippen LogP contribution in [0.5, 0.6) is 0 Å². The van der Waals surface area contributed by atoms with Crippen LogP contribution in [0.3, 0.4) is 0 Å². The van der Waals surface area contributed by atoms with E-state index in [1.165, 1.54) is 19.3 Å². The van der Waals surface area contributed by atoms with E-state index in [-0.39, 0.29) is 5.54 Å². The predicted octanol–water partition coefficient (Wildman–Crippen LogP) is 1.72. The van der Waals surface area contributed by atoms with Crippen molar-refractivity contribution in [3.05, 3.63) is 18.2 Å². The molecule has 4 heteroatoms. The molecule has 1 heterocycles. The highest BCUT2D eigenvalue weighted by Gasteiger charge is 2.43. The first-order chi connectivity index (χ1) is 8.08. The third-order valence-corrected chi connectivity index (χ3v) is 4.22. The molecule has 1 atom stereocenters. The highest BCUT2D eigenvalue weighted by molar-refractivity contribution is 5.08. The summed E-state index contributed by atoms with van der Waals surface area (Å²) in [5, 5.41) is 10.7. The average Bonchev–Trinajstić information content (AvgIpc) is 2.75. The van der Waals surface area contributed by atoms with Crippen molar-refractivity contribution in [3.63, 3.8) is 0 Å². The maximum atomic E-state index is 10.7. The molecule has 1 saturated carbocycles. The quantitative estimate of drug-likeness (QED) is 0.870. The van der Waals surface area contributed by atoms with Crippen LogP contribution in [0, 0.1) is 0 Å². The maximum absolute atomic E-state index is 10.7. The van der Waals surface area contributed by atoms with Crippen LogP contribution in [0.25, 0.3) is 0 Å². The Hall–Kier alpha value is -0.870. The van der Waals surface area contributed by atoms with Crippen molar-refractivity contribution in [1.29, 1.82) is 0 Å². The summed E-state index contributed by atoms with van der Waals surface area (Å²) in [4.78, 5) is 6.49. The normalized spacial score (nSPS) is 21.7. The summed E-state index contributed by atoms with van der Waals surface area (Å²) in [6.07, 6.45) is 8.91. The van der Waals surface area contributed by atoms with Crippen molar-refractivity contribution in [2.45, 2.75) is 43.7 Å². The molecule has 0 bridgehead atoms. The molecule has 0 aromatic carbocycles. The number of likely N-dealkylation sites (N-methyl/N-ethyl adjacent to an activating group) is 1. The van der Waals surface area contributed by atoms with Crippen LogP contribution < -0.4 is 0 Å². The largest absolute Gasteiger partial charge is 0.383 e. The van der Waals surface area contributed by atoms with E-state index < -0.39 is 6.10 Å². The van der Waals surface area contributed by atoms with E-state index in [2.05, 4.69) is 24.0 Å². The second-order valence-corrected chi connectivity index (χ2v) is 5.36. The lowest BCUT2D eigenvalue weighted by molar-refractivity contribution is -0.0393. The van der Waals surface area contributed by atoms with Gasteiger partial charge in [-0.05, 0) is 26.9 Å². The number of imidazole rings is 1. The zero-order chi connectivity index (χ0) is 12.5. The van der Waals surface area contributed by atoms with Crippen LogP contribution in [-0.2, 0) is 7.05 Å². The standard InChI is InChI=1S/C13H23N3O/c1-15(2)13(7-5-4-6-8-13)11(17)12-14-9-10-16(12)3/h9-11,17H,4-8H2,1-3H3. The van der Waals surface area contributed by atoms with Crippen molar-refractivity contribution in [1.82, 2.24) is 14.5 Å². The van der Waals surface area contributed by atoms with Crippen molar-refractivity contribution in [2.24, 2.45) is 7.05 Å². The van der Waals surface area contributed by atoms with E-state index in [0.717, 1.165) is 18.7 Å². The number of aliphatic hydroxyl groups is 1. The second kappa shape index (κ2) is 4.78. The Bertz CT molecular complexity index is 366. The van der Waals surface area contributed by atoms with Gasteiger partial charge in [0, 0.05) is 19.4 Å². The molecule has 1 aliphatic carbocycles. The zero-order valence-electron chi connectivity index (χ0n) is 11.1. The van der Waals surface area contributed by atoms with Gasteiger partial charge in [0.25, 0.3) is 0 Å². The molecule has 1 fully saturated rings. The van der Waals surface area contributed by atoms with E-state index in [1.807, 2.05) is 17.8 Å². The fourth-order valence-corrected chi connectivity index (χ4v) is 3.01. The molecule has 0 spiro atoms. The number of aryl methyl sites for hydroxylation is 1. The van der Waals surface area contributed by atoms with Gasteiger partial charge in [0.1, 0.15) is 11.9 Å². The zero-order valence-corrected chi connectivity index (χ0v) is 11.1. The van der Waals surface area contributed by atoms with Crippen LogP contribution in [0.15, 0.2) is 12.4 Å². The third-order valence-electron chi connectivity index (χ3n) is 4.22. The molecular weight excluding hydrogens is 214 g/mol. The van der Waals surface area contributed by atoms with E-state index in [0.29, 0.717) is 0 Å². The summed E-state index contributed by atoms with van der Waals surface area (Å²) >= 11 is 0. The molecule has 0 radical (unpaired) electrons. The highest BCUT2D eigenvalue weighted by Crippen LogP contribution is 2.41. The van der Waals surface area contributed by atoms with Crippen LogP contribution in [-0.4, -0.2) is 39.2 Å². The molecule has 1 aromatic rings. The van der Waals surface area contributed by atoms with Gasteiger partial charge >= 0.3 is 0 Å². The number of hydrogen-bond acceptors (Lipinski definition) is 3. The number of aliphatic hydroxyl groups excluding tert-OH is 1. The smallest absolute Gasteiger partial charge is 0.139 e. The molecule has 0 amide bonds. The molecule has 96 valence electrons. The predicted molar refractivity (Wildman–Crippen MR) is 67.7 cm³/mol. The molecular formula is C13H23N3O. The minimum atomic E-state index is -0.502. The molecule has 0 saturated heterocycles. The van der Waals surface area contributed by atoms with Crippen molar-refractivity contribution < 1.29 is 5.11 Å². The van der Waals surface area contributed by atoms with Crippen molar-refractivity contribution in [2.75, 3.05) is 14.1 Å². The Labute approximate surface area is 103 Å². The first-order valence-electron chi connectivity index (χ1n) is 6.40. The van der Waals surface area contributed by atoms with E-state index in [1.54, 1.807) is 6.20 Å². The summed E-state index contributed by atoms with van der Waals surface area (Å²) in [6, 6.07) is 0. The lowest BCUT2D eigenvalue weighted by Gasteiger charge is -2.45. The van der Waals surface area contributed by atoms with Gasteiger partial charge in [0.2, 0.25) is 0 Å². The van der Waals surface area contributed by atoms with Gasteiger partial charge in [0.15, 0.2) is 0 Å². The summed E-state index contributed by atoms with van der Waals surface area (Å²) in [6.45, 7) is 0. The summed E-state index contributed by atoms with van der Waals surface area (Å²) in [7, 11) is 6.08. The Kier molecular flexibility index (Phi) is 3.54. The molecule has 1 aromatic heterocycles. The molecule has 0 aliphatic heterocycles. The first-order valence-corrected chi connectivity index (χ1v) is 6.40. The number of aromatic nitrogens is 2. The van der Waals surface area contributed by atoms with E-state index in [9.17, 15) is 5.11 Å². The lowest BCUT2D eigenvalue weighted by Crippen LogP contribution is -2.51. The topological polar surface area (TPSA) is 41.3 Å². The summed E-state index contributed by atoms with van der Waals surface area (Å²) < 4.78 is 1.92. The van der Waals surface area contributed by atoms with Crippen molar-refractivity contribution >= 4 is 0 Å². The Morgan fingerprint density at radius 1 is 1.35 bits per heavy atom. The van der Waals surface area contributed by atoms with Gasteiger partial charge in [0.05, 0.1) is 5.54 Å². The van der Waals surface area contributed by atoms with Gasteiger partial charge in [-0.15, -0.1) is 0 Å². The Morgan fingerprint density at radius 2 is 2.00 bits per heavy atom. The SMILES string of the molecule is CN(C)C1(C(O)c2nccn2C)CCCCC1. The van der Waals surface area contributed by atoms with Crippen LogP contribution in [0.4, 0.5) is 0 Å². The van der Waals surface area contributed by atoms with Crippen molar-refractivity contribution in [3.8, 4) is 0 Å². The third kappa shape index (κ3) is 2.11. The first kappa shape index (κ1) is 12.6. The Morgan fingerprint density at radius 3 is 2.47 bits per heavy atom.